The normalized spacial score (nSPS) is 11.7. The molecule has 0 atom stereocenters. The van der Waals surface area contributed by atoms with Gasteiger partial charge in [0, 0.05) is 5.56 Å². The van der Waals surface area contributed by atoms with Crippen LogP contribution in [0.15, 0.2) is 53.7 Å². The van der Waals surface area contributed by atoms with Crippen molar-refractivity contribution < 1.29 is 22.7 Å². The lowest BCUT2D eigenvalue weighted by molar-refractivity contribution is -0.274. The zero-order valence-electron chi connectivity index (χ0n) is 12.4. The molecule has 3 nitrogen and oxygen atoms in total. The largest absolute Gasteiger partial charge is 0.573 e. The zero-order valence-corrected chi connectivity index (χ0v) is 12.4. The summed E-state index contributed by atoms with van der Waals surface area (Å²) in [4.78, 5) is 5.09. The molecule has 2 aromatic rings. The molecule has 0 aliphatic heterocycles. The Morgan fingerprint density at radius 1 is 1.09 bits per heavy atom. The fraction of sp³-hybridized carbons (Fsp3) is 0.235. The van der Waals surface area contributed by atoms with E-state index in [1.807, 2.05) is 31.2 Å². The molecule has 0 amide bonds. The summed E-state index contributed by atoms with van der Waals surface area (Å²) in [5.41, 5.74) is 2.42. The van der Waals surface area contributed by atoms with Gasteiger partial charge in [-0.3, -0.25) is 0 Å². The first-order valence-corrected chi connectivity index (χ1v) is 6.98. The Bertz CT molecular complexity index is 669. The number of alkyl halides is 3. The maximum atomic E-state index is 12.2. The number of ether oxygens (including phenoxy) is 1. The van der Waals surface area contributed by atoms with E-state index in [2.05, 4.69) is 16.1 Å². The Morgan fingerprint density at radius 3 is 2.61 bits per heavy atom. The SMILES string of the molecule is CCc1ccccc1/[C]=N\OCc1cccc(OC(F)(F)F)c1. The molecule has 0 N–H and O–H groups in total. The van der Waals surface area contributed by atoms with Crippen LogP contribution in [0.25, 0.3) is 0 Å². The molecule has 0 fully saturated rings. The molecule has 1 radical (unpaired) electrons. The molecular weight excluding hydrogens is 307 g/mol. The molecule has 2 rings (SSSR count). The average molecular weight is 322 g/mol. The van der Waals surface area contributed by atoms with Gasteiger partial charge in [-0.15, -0.1) is 13.2 Å². The number of hydrogen-bond acceptors (Lipinski definition) is 3. The first-order valence-electron chi connectivity index (χ1n) is 6.98. The van der Waals surface area contributed by atoms with E-state index in [-0.39, 0.29) is 12.4 Å². The van der Waals surface area contributed by atoms with Crippen molar-refractivity contribution in [3.8, 4) is 5.75 Å². The van der Waals surface area contributed by atoms with E-state index < -0.39 is 6.36 Å². The van der Waals surface area contributed by atoms with Gasteiger partial charge in [-0.25, -0.2) is 0 Å². The van der Waals surface area contributed by atoms with E-state index in [9.17, 15) is 13.2 Å². The summed E-state index contributed by atoms with van der Waals surface area (Å²) in [6, 6.07) is 13.2. The molecule has 0 saturated heterocycles. The second-order valence-electron chi connectivity index (χ2n) is 4.68. The lowest BCUT2D eigenvalue weighted by Gasteiger charge is -2.09. The van der Waals surface area contributed by atoms with Crippen LogP contribution >= 0.6 is 0 Å². The number of benzene rings is 2. The molecule has 0 spiro atoms. The zero-order chi connectivity index (χ0) is 16.7. The first kappa shape index (κ1) is 16.9. The molecular formula is C17H15F3NO2. The van der Waals surface area contributed by atoms with Crippen molar-refractivity contribution in [2.45, 2.75) is 26.3 Å². The Labute approximate surface area is 132 Å². The van der Waals surface area contributed by atoms with Gasteiger partial charge < -0.3 is 9.57 Å². The second-order valence-corrected chi connectivity index (χ2v) is 4.68. The Balaban J connectivity index is 1.93. The third-order valence-corrected chi connectivity index (χ3v) is 2.99. The predicted octanol–water partition coefficient (Wildman–Crippen LogP) is 4.58. The Hall–Kier alpha value is -2.50. The van der Waals surface area contributed by atoms with Gasteiger partial charge in [0.15, 0.2) is 0 Å². The van der Waals surface area contributed by atoms with Crippen molar-refractivity contribution in [1.82, 2.24) is 0 Å². The monoisotopic (exact) mass is 322 g/mol. The standard InChI is InChI=1S/C17H15F3NO2/c1-2-14-7-3-4-8-15(14)11-21-22-12-13-6-5-9-16(10-13)23-17(18,19)20/h3-10H,2,12H2,1H3. The van der Waals surface area contributed by atoms with Crippen molar-refractivity contribution in [3.05, 3.63) is 65.2 Å². The Morgan fingerprint density at radius 2 is 1.87 bits per heavy atom. The van der Waals surface area contributed by atoms with Crippen LogP contribution in [-0.2, 0) is 17.9 Å². The highest BCUT2D eigenvalue weighted by Crippen LogP contribution is 2.23. The molecule has 121 valence electrons. The van der Waals surface area contributed by atoms with E-state index in [0.29, 0.717) is 5.56 Å². The minimum absolute atomic E-state index is 0.0242. The van der Waals surface area contributed by atoms with Crippen LogP contribution in [0.4, 0.5) is 13.2 Å². The van der Waals surface area contributed by atoms with Crippen molar-refractivity contribution in [3.63, 3.8) is 0 Å². The van der Waals surface area contributed by atoms with Gasteiger partial charge in [-0.2, -0.15) is 0 Å². The van der Waals surface area contributed by atoms with Crippen LogP contribution < -0.4 is 4.74 Å². The minimum atomic E-state index is -4.71. The molecule has 0 saturated carbocycles. The molecule has 2 aromatic carbocycles. The van der Waals surface area contributed by atoms with Gasteiger partial charge in [0.05, 0.1) is 0 Å². The molecule has 23 heavy (non-hydrogen) atoms. The topological polar surface area (TPSA) is 30.8 Å². The van der Waals surface area contributed by atoms with Crippen molar-refractivity contribution >= 4 is 6.21 Å². The minimum Gasteiger partial charge on any atom is -0.406 e. The molecule has 0 aromatic heterocycles. The third kappa shape index (κ3) is 5.65. The summed E-state index contributed by atoms with van der Waals surface area (Å²) >= 11 is 0. The molecule has 0 heterocycles. The number of aryl methyl sites for hydroxylation is 1. The fourth-order valence-electron chi connectivity index (χ4n) is 1.96. The van der Waals surface area contributed by atoms with Crippen molar-refractivity contribution in [2.24, 2.45) is 5.16 Å². The van der Waals surface area contributed by atoms with Gasteiger partial charge in [0.2, 0.25) is 0 Å². The number of hydrogen-bond donors (Lipinski definition) is 0. The van der Waals surface area contributed by atoms with Gasteiger partial charge in [0.1, 0.15) is 18.6 Å². The lowest BCUT2D eigenvalue weighted by Crippen LogP contribution is -2.17. The summed E-state index contributed by atoms with van der Waals surface area (Å²) in [6.07, 6.45) is -1.09. The van der Waals surface area contributed by atoms with E-state index >= 15 is 0 Å². The summed E-state index contributed by atoms with van der Waals surface area (Å²) in [5.74, 6) is -0.289. The highest BCUT2D eigenvalue weighted by Gasteiger charge is 2.31. The second kappa shape index (κ2) is 7.67. The van der Waals surface area contributed by atoms with Crippen LogP contribution in [0.5, 0.6) is 5.75 Å². The molecule has 0 aliphatic rings. The molecule has 0 bridgehead atoms. The highest BCUT2D eigenvalue weighted by molar-refractivity contribution is 5.81. The summed E-state index contributed by atoms with van der Waals surface area (Å²) < 4.78 is 40.3. The summed E-state index contributed by atoms with van der Waals surface area (Å²) in [5, 5.41) is 3.74. The average Bonchev–Trinajstić information content (AvgIpc) is 2.50. The first-order chi connectivity index (χ1) is 11.0. The van der Waals surface area contributed by atoms with Gasteiger partial charge in [-0.05, 0) is 29.7 Å². The quantitative estimate of drug-likeness (QED) is 0.576. The van der Waals surface area contributed by atoms with Crippen LogP contribution in [0.2, 0.25) is 0 Å². The van der Waals surface area contributed by atoms with E-state index in [4.69, 9.17) is 4.84 Å². The Kier molecular flexibility index (Phi) is 5.62. The van der Waals surface area contributed by atoms with Gasteiger partial charge in [0.25, 0.3) is 0 Å². The fourth-order valence-corrected chi connectivity index (χ4v) is 1.96. The van der Waals surface area contributed by atoms with E-state index in [1.54, 1.807) is 6.07 Å². The smallest absolute Gasteiger partial charge is 0.406 e. The maximum absolute atomic E-state index is 12.2. The van der Waals surface area contributed by atoms with Crippen molar-refractivity contribution in [1.29, 1.82) is 0 Å². The van der Waals surface area contributed by atoms with Crippen LogP contribution in [0.3, 0.4) is 0 Å². The third-order valence-electron chi connectivity index (χ3n) is 2.99. The molecule has 0 aliphatic carbocycles. The molecule has 0 unspecified atom stereocenters. The van der Waals surface area contributed by atoms with Crippen LogP contribution in [0, 0.1) is 0 Å². The summed E-state index contributed by atoms with van der Waals surface area (Å²) in [7, 11) is 0. The van der Waals surface area contributed by atoms with E-state index in [0.717, 1.165) is 17.5 Å². The van der Waals surface area contributed by atoms with Crippen LogP contribution in [-0.4, -0.2) is 12.6 Å². The van der Waals surface area contributed by atoms with Crippen molar-refractivity contribution in [2.75, 3.05) is 0 Å². The lowest BCUT2D eigenvalue weighted by atomic mass is 10.1. The number of nitrogens with zero attached hydrogens (tertiary/aromatic N) is 1. The van der Waals surface area contributed by atoms with Crippen LogP contribution in [0.1, 0.15) is 23.6 Å². The highest BCUT2D eigenvalue weighted by atomic mass is 19.4. The van der Waals surface area contributed by atoms with Gasteiger partial charge in [-0.1, -0.05) is 48.5 Å². The number of rotatable bonds is 6. The van der Waals surface area contributed by atoms with Gasteiger partial charge >= 0.3 is 6.36 Å². The molecule has 6 heteroatoms. The predicted molar refractivity (Wildman–Crippen MR) is 80.3 cm³/mol. The number of halogens is 3. The van der Waals surface area contributed by atoms with E-state index in [1.165, 1.54) is 18.2 Å². The summed E-state index contributed by atoms with van der Waals surface area (Å²) in [6.45, 7) is 2.05. The maximum Gasteiger partial charge on any atom is 0.573 e.